The van der Waals surface area contributed by atoms with Crippen LogP contribution in [0.25, 0.3) is 11.6 Å². The van der Waals surface area contributed by atoms with Gasteiger partial charge < -0.3 is 5.32 Å². The van der Waals surface area contributed by atoms with Gasteiger partial charge in [0.25, 0.3) is 0 Å². The highest BCUT2D eigenvalue weighted by Crippen LogP contribution is 2.35. The van der Waals surface area contributed by atoms with Gasteiger partial charge in [0.1, 0.15) is 5.69 Å². The molecule has 0 saturated carbocycles. The number of hydrogen-bond donors (Lipinski definition) is 1. The maximum atomic E-state index is 13.9. The van der Waals surface area contributed by atoms with E-state index in [1.54, 1.807) is 30.3 Å². The van der Waals surface area contributed by atoms with Gasteiger partial charge in [-0.15, -0.1) is 0 Å². The quantitative estimate of drug-likeness (QED) is 0.232. The van der Waals surface area contributed by atoms with Crippen LogP contribution < -0.4 is 5.32 Å². The van der Waals surface area contributed by atoms with E-state index in [1.165, 1.54) is 0 Å². The molecule has 0 aliphatic heterocycles. The van der Waals surface area contributed by atoms with E-state index in [0.717, 1.165) is 11.8 Å². The molecule has 0 heterocycles. The van der Waals surface area contributed by atoms with Crippen molar-refractivity contribution >= 4 is 31.2 Å². The molecule has 0 fully saturated rings. The van der Waals surface area contributed by atoms with Gasteiger partial charge in [-0.2, -0.15) is 0 Å². The SMILES string of the molecule is C[Si](C)(C)C1=Cc2ccccc2/C(=C/Nc2c(F)c(F)c(F)c(F)c2F)C1=O. The molecule has 2 nitrogen and oxygen atoms in total. The van der Waals surface area contributed by atoms with Crippen LogP contribution in [0, 0.1) is 29.1 Å². The van der Waals surface area contributed by atoms with Crippen molar-refractivity contribution in [2.45, 2.75) is 19.6 Å². The van der Waals surface area contributed by atoms with Gasteiger partial charge in [0.2, 0.25) is 5.82 Å². The van der Waals surface area contributed by atoms with Crippen molar-refractivity contribution in [3.05, 3.63) is 75.9 Å². The molecule has 3 rings (SSSR count). The first kappa shape index (κ1) is 20.0. The normalized spacial score (nSPS) is 15.5. The van der Waals surface area contributed by atoms with Crippen LogP contribution >= 0.6 is 0 Å². The van der Waals surface area contributed by atoms with Crippen LogP contribution in [0.2, 0.25) is 19.6 Å². The lowest BCUT2D eigenvalue weighted by Crippen LogP contribution is -2.32. The number of carbonyl (C=O) groups excluding carboxylic acids is 1. The van der Waals surface area contributed by atoms with Crippen LogP contribution in [0.3, 0.4) is 0 Å². The van der Waals surface area contributed by atoms with E-state index in [1.807, 2.05) is 19.6 Å². The molecule has 2 aromatic rings. The molecule has 1 aliphatic rings. The molecular formula is C20H16F5NOSi. The summed E-state index contributed by atoms with van der Waals surface area (Å²) >= 11 is 0. The maximum Gasteiger partial charge on any atom is 0.200 e. The molecule has 0 amide bonds. The van der Waals surface area contributed by atoms with Gasteiger partial charge >= 0.3 is 0 Å². The number of carbonyl (C=O) groups is 1. The lowest BCUT2D eigenvalue weighted by atomic mass is 9.92. The molecule has 0 unspecified atom stereocenters. The number of fused-ring (bicyclic) bond motifs is 1. The summed E-state index contributed by atoms with van der Waals surface area (Å²) in [7, 11) is -2.06. The molecule has 0 radical (unpaired) electrons. The average Bonchev–Trinajstić information content (AvgIpc) is 2.65. The molecule has 0 spiro atoms. The average molecular weight is 409 g/mol. The number of anilines is 1. The van der Waals surface area contributed by atoms with E-state index in [2.05, 4.69) is 5.32 Å². The summed E-state index contributed by atoms with van der Waals surface area (Å²) in [6, 6.07) is 6.90. The zero-order valence-electron chi connectivity index (χ0n) is 15.3. The number of halogens is 5. The predicted octanol–water partition coefficient (Wildman–Crippen LogP) is 5.68. The fourth-order valence-corrected chi connectivity index (χ4v) is 4.34. The van der Waals surface area contributed by atoms with Crippen molar-refractivity contribution in [2.24, 2.45) is 0 Å². The van der Waals surface area contributed by atoms with Crippen LogP contribution in [0.5, 0.6) is 0 Å². The van der Waals surface area contributed by atoms with E-state index < -0.39 is 42.8 Å². The number of benzene rings is 2. The van der Waals surface area contributed by atoms with E-state index >= 15 is 0 Å². The summed E-state index contributed by atoms with van der Waals surface area (Å²) in [4.78, 5) is 13.0. The van der Waals surface area contributed by atoms with Crippen molar-refractivity contribution in [1.29, 1.82) is 0 Å². The molecule has 0 saturated heterocycles. The Balaban J connectivity index is 2.13. The van der Waals surface area contributed by atoms with Gasteiger partial charge in [-0.25, -0.2) is 22.0 Å². The Morgan fingerprint density at radius 3 is 1.96 bits per heavy atom. The largest absolute Gasteiger partial charge is 0.356 e. The number of Topliss-reactive ketones (excluding diaryl/α,β-unsaturated/α-hetero) is 1. The van der Waals surface area contributed by atoms with E-state index in [9.17, 15) is 26.7 Å². The topological polar surface area (TPSA) is 29.1 Å². The molecule has 28 heavy (non-hydrogen) atoms. The standard InChI is InChI=1S/C20H16F5NOSi/c1-28(2,3)13-8-10-6-4-5-7-11(10)12(20(13)27)9-26-19-17(24)15(22)14(21)16(23)18(19)25/h4-9,26H,1-3H3/b12-9-. The Kier molecular flexibility index (Phi) is 5.01. The minimum atomic E-state index is -2.24. The number of nitrogens with one attached hydrogen (secondary N) is 1. The minimum Gasteiger partial charge on any atom is -0.356 e. The Morgan fingerprint density at radius 2 is 1.39 bits per heavy atom. The van der Waals surface area contributed by atoms with Crippen LogP contribution in [0.1, 0.15) is 11.1 Å². The molecule has 2 aromatic carbocycles. The van der Waals surface area contributed by atoms with Crippen LogP contribution in [0.15, 0.2) is 35.7 Å². The lowest BCUT2D eigenvalue weighted by Gasteiger charge is -2.26. The second kappa shape index (κ2) is 7.01. The molecule has 0 bridgehead atoms. The summed E-state index contributed by atoms with van der Waals surface area (Å²) in [6.45, 7) is 5.92. The monoisotopic (exact) mass is 409 g/mol. The zero-order valence-corrected chi connectivity index (χ0v) is 16.3. The van der Waals surface area contributed by atoms with E-state index in [-0.39, 0.29) is 11.4 Å². The number of rotatable bonds is 3. The smallest absolute Gasteiger partial charge is 0.200 e. The Bertz CT molecular complexity index is 1020. The van der Waals surface area contributed by atoms with Gasteiger partial charge in [-0.3, -0.25) is 4.79 Å². The first-order valence-corrected chi connectivity index (χ1v) is 11.9. The Morgan fingerprint density at radius 1 is 0.857 bits per heavy atom. The number of allylic oxidation sites excluding steroid dienone is 2. The highest BCUT2D eigenvalue weighted by atomic mass is 28.3. The highest BCUT2D eigenvalue weighted by molar-refractivity contribution is 6.89. The van der Waals surface area contributed by atoms with Crippen molar-refractivity contribution in [2.75, 3.05) is 5.32 Å². The van der Waals surface area contributed by atoms with Gasteiger partial charge in [0.15, 0.2) is 29.1 Å². The third-order valence-electron chi connectivity index (χ3n) is 4.42. The molecule has 1 aliphatic carbocycles. The van der Waals surface area contributed by atoms with Gasteiger partial charge in [0.05, 0.1) is 8.07 Å². The predicted molar refractivity (Wildman–Crippen MR) is 101 cm³/mol. The Hall–Kier alpha value is -2.74. The first-order valence-electron chi connectivity index (χ1n) is 8.38. The van der Waals surface area contributed by atoms with Gasteiger partial charge in [0, 0.05) is 11.8 Å². The number of hydrogen-bond acceptors (Lipinski definition) is 2. The molecule has 146 valence electrons. The summed E-state index contributed by atoms with van der Waals surface area (Å²) in [5, 5.41) is 2.71. The lowest BCUT2D eigenvalue weighted by molar-refractivity contribution is -0.110. The Labute approximate surface area is 159 Å². The second-order valence-corrected chi connectivity index (χ2v) is 12.4. The molecule has 0 atom stereocenters. The van der Waals surface area contributed by atoms with Crippen LogP contribution in [-0.2, 0) is 4.79 Å². The van der Waals surface area contributed by atoms with Crippen LogP contribution in [0.4, 0.5) is 27.6 Å². The number of ketones is 1. The fourth-order valence-electron chi connectivity index (χ4n) is 2.93. The third-order valence-corrected chi connectivity index (χ3v) is 6.41. The molecule has 0 aromatic heterocycles. The van der Waals surface area contributed by atoms with Crippen molar-refractivity contribution in [1.82, 2.24) is 0 Å². The summed E-state index contributed by atoms with van der Waals surface area (Å²) in [5.74, 6) is -10.7. The molecule has 1 N–H and O–H groups in total. The maximum absolute atomic E-state index is 13.9. The minimum absolute atomic E-state index is 0.0967. The van der Waals surface area contributed by atoms with Crippen LogP contribution in [-0.4, -0.2) is 13.9 Å². The second-order valence-electron chi connectivity index (χ2n) is 7.37. The van der Waals surface area contributed by atoms with E-state index in [0.29, 0.717) is 10.8 Å². The zero-order chi connectivity index (χ0) is 20.8. The first-order chi connectivity index (χ1) is 13.0. The molecule has 8 heteroatoms. The highest BCUT2D eigenvalue weighted by Gasteiger charge is 2.32. The summed E-state index contributed by atoms with van der Waals surface area (Å²) in [5.41, 5.74) is 0.133. The van der Waals surface area contributed by atoms with Gasteiger partial charge in [-0.05, 0) is 16.3 Å². The molecular weight excluding hydrogens is 393 g/mol. The third kappa shape index (κ3) is 3.28. The van der Waals surface area contributed by atoms with Crippen molar-refractivity contribution in [3.63, 3.8) is 0 Å². The summed E-state index contributed by atoms with van der Waals surface area (Å²) in [6.07, 6.45) is 2.78. The van der Waals surface area contributed by atoms with Gasteiger partial charge in [-0.1, -0.05) is 50.0 Å². The van der Waals surface area contributed by atoms with Crippen molar-refractivity contribution in [3.8, 4) is 0 Å². The fraction of sp³-hybridized carbons (Fsp3) is 0.150. The van der Waals surface area contributed by atoms with E-state index in [4.69, 9.17) is 0 Å². The van der Waals surface area contributed by atoms with Crippen molar-refractivity contribution < 1.29 is 26.7 Å². The summed E-state index contributed by atoms with van der Waals surface area (Å²) < 4.78 is 67.9.